The highest BCUT2D eigenvalue weighted by molar-refractivity contribution is 5.54. The summed E-state index contributed by atoms with van der Waals surface area (Å²) in [6.45, 7) is 7.52. The molecule has 0 bridgehead atoms. The van der Waals surface area contributed by atoms with Gasteiger partial charge in [0.15, 0.2) is 0 Å². The van der Waals surface area contributed by atoms with Gasteiger partial charge in [-0.25, -0.2) is 0 Å². The Hall–Kier alpha value is -0.450. The van der Waals surface area contributed by atoms with Gasteiger partial charge in [0.25, 0.3) is 6.29 Å². The molecule has 1 radical (unpaired) electrons. The van der Waals surface area contributed by atoms with Crippen LogP contribution < -0.4 is 0 Å². The fourth-order valence-electron chi connectivity index (χ4n) is 1.11. The van der Waals surface area contributed by atoms with Crippen LogP contribution in [-0.4, -0.2) is 32.6 Å². The molecule has 0 spiro atoms. The van der Waals surface area contributed by atoms with Gasteiger partial charge in [-0.1, -0.05) is 40.0 Å². The third-order valence-electron chi connectivity index (χ3n) is 2.52. The van der Waals surface area contributed by atoms with Crippen LogP contribution in [0.5, 0.6) is 0 Å². The molecule has 0 heterocycles. The SMILES string of the molecule is CCCCCOCOC([C]=O)OCC(C)CC. The molecule has 2 atom stereocenters. The number of hydrogen-bond donors (Lipinski definition) is 0. The van der Waals surface area contributed by atoms with E-state index in [4.69, 9.17) is 14.2 Å². The molecule has 0 rings (SSSR count). The predicted octanol–water partition coefficient (Wildman–Crippen LogP) is 2.67. The van der Waals surface area contributed by atoms with Crippen molar-refractivity contribution in [3.8, 4) is 0 Å². The molecule has 0 aromatic carbocycles. The van der Waals surface area contributed by atoms with Crippen molar-refractivity contribution in [3.63, 3.8) is 0 Å². The first-order valence-corrected chi connectivity index (χ1v) is 6.43. The number of rotatable bonds is 12. The molecule has 17 heavy (non-hydrogen) atoms. The van der Waals surface area contributed by atoms with E-state index in [2.05, 4.69) is 20.8 Å². The second-order valence-electron chi connectivity index (χ2n) is 4.20. The van der Waals surface area contributed by atoms with Crippen LogP contribution in [0, 0.1) is 5.92 Å². The summed E-state index contributed by atoms with van der Waals surface area (Å²) in [5.74, 6) is 0.417. The third-order valence-corrected chi connectivity index (χ3v) is 2.52. The zero-order valence-electron chi connectivity index (χ0n) is 11.2. The Balaban J connectivity index is 3.44. The van der Waals surface area contributed by atoms with Crippen LogP contribution in [0.1, 0.15) is 46.5 Å². The van der Waals surface area contributed by atoms with Crippen molar-refractivity contribution in [3.05, 3.63) is 0 Å². The number of unbranched alkanes of at least 4 members (excludes halogenated alkanes) is 2. The summed E-state index contributed by atoms with van der Waals surface area (Å²) in [5, 5.41) is 0. The van der Waals surface area contributed by atoms with Crippen molar-refractivity contribution < 1.29 is 19.0 Å². The highest BCUT2D eigenvalue weighted by Crippen LogP contribution is 2.03. The fourth-order valence-corrected chi connectivity index (χ4v) is 1.11. The molecular weight excluding hydrogens is 220 g/mol. The maximum Gasteiger partial charge on any atom is 0.259 e. The number of carbonyl (C=O) groups excluding carboxylic acids is 1. The van der Waals surface area contributed by atoms with E-state index in [0.29, 0.717) is 19.1 Å². The van der Waals surface area contributed by atoms with E-state index in [-0.39, 0.29) is 6.79 Å². The quantitative estimate of drug-likeness (QED) is 0.392. The summed E-state index contributed by atoms with van der Waals surface area (Å²) < 4.78 is 15.6. The number of ether oxygens (including phenoxy) is 3. The molecule has 0 aromatic rings. The van der Waals surface area contributed by atoms with Gasteiger partial charge in [0.05, 0.1) is 6.61 Å². The van der Waals surface area contributed by atoms with Crippen LogP contribution in [0.2, 0.25) is 0 Å². The van der Waals surface area contributed by atoms with Gasteiger partial charge in [0.2, 0.25) is 6.29 Å². The van der Waals surface area contributed by atoms with Crippen molar-refractivity contribution in [2.45, 2.75) is 52.7 Å². The zero-order chi connectivity index (χ0) is 12.9. The van der Waals surface area contributed by atoms with Crippen LogP contribution in [0.25, 0.3) is 0 Å². The normalized spacial score (nSPS) is 14.5. The first-order chi connectivity index (χ1) is 8.24. The van der Waals surface area contributed by atoms with E-state index >= 15 is 0 Å². The Labute approximate surface area is 105 Å². The van der Waals surface area contributed by atoms with Gasteiger partial charge in [0, 0.05) is 6.61 Å². The van der Waals surface area contributed by atoms with Gasteiger partial charge < -0.3 is 14.2 Å². The van der Waals surface area contributed by atoms with Crippen LogP contribution in [0.4, 0.5) is 0 Å². The second kappa shape index (κ2) is 12.0. The molecule has 4 nitrogen and oxygen atoms in total. The fraction of sp³-hybridized carbons (Fsp3) is 0.923. The molecule has 0 N–H and O–H groups in total. The largest absolute Gasteiger partial charge is 0.355 e. The molecule has 0 aliphatic carbocycles. The molecule has 0 saturated carbocycles. The van der Waals surface area contributed by atoms with E-state index in [1.165, 1.54) is 0 Å². The molecule has 0 aliphatic rings. The Morgan fingerprint density at radius 1 is 1.18 bits per heavy atom. The molecular formula is C13H25O4. The first-order valence-electron chi connectivity index (χ1n) is 6.43. The van der Waals surface area contributed by atoms with Gasteiger partial charge >= 0.3 is 0 Å². The summed E-state index contributed by atoms with van der Waals surface area (Å²) in [4.78, 5) is 10.5. The zero-order valence-corrected chi connectivity index (χ0v) is 11.2. The van der Waals surface area contributed by atoms with Crippen molar-refractivity contribution in [2.24, 2.45) is 5.92 Å². The Morgan fingerprint density at radius 2 is 1.94 bits per heavy atom. The molecule has 0 aromatic heterocycles. The van der Waals surface area contributed by atoms with E-state index in [1.54, 1.807) is 6.29 Å². The molecule has 2 unspecified atom stereocenters. The van der Waals surface area contributed by atoms with Crippen molar-refractivity contribution in [1.82, 2.24) is 0 Å². The molecule has 0 saturated heterocycles. The summed E-state index contributed by atoms with van der Waals surface area (Å²) in [6, 6.07) is 0. The third kappa shape index (κ3) is 10.4. The van der Waals surface area contributed by atoms with E-state index in [0.717, 1.165) is 25.7 Å². The molecule has 4 heteroatoms. The lowest BCUT2D eigenvalue weighted by molar-refractivity contribution is -0.167. The lowest BCUT2D eigenvalue weighted by atomic mass is 10.1. The van der Waals surface area contributed by atoms with Gasteiger partial charge in [-0.2, -0.15) is 0 Å². The Morgan fingerprint density at radius 3 is 2.53 bits per heavy atom. The standard InChI is InChI=1S/C13H25O4/c1-4-6-7-8-15-11-17-13(9-14)16-10-12(3)5-2/h12-13H,4-8,10-11H2,1-3H3. The molecule has 0 fully saturated rings. The highest BCUT2D eigenvalue weighted by Gasteiger charge is 2.10. The highest BCUT2D eigenvalue weighted by atomic mass is 16.7. The van der Waals surface area contributed by atoms with Crippen molar-refractivity contribution in [1.29, 1.82) is 0 Å². The summed E-state index contributed by atoms with van der Waals surface area (Å²) in [6.07, 6.45) is 5.12. The maximum atomic E-state index is 10.5. The minimum atomic E-state index is -0.921. The van der Waals surface area contributed by atoms with Crippen molar-refractivity contribution >= 4 is 6.29 Å². The van der Waals surface area contributed by atoms with E-state index in [1.807, 2.05) is 0 Å². The summed E-state index contributed by atoms with van der Waals surface area (Å²) in [5.41, 5.74) is 0. The predicted molar refractivity (Wildman–Crippen MR) is 66.3 cm³/mol. The van der Waals surface area contributed by atoms with E-state index in [9.17, 15) is 4.79 Å². The van der Waals surface area contributed by atoms with Crippen LogP contribution in [0.15, 0.2) is 0 Å². The average molecular weight is 245 g/mol. The smallest absolute Gasteiger partial charge is 0.259 e. The second-order valence-corrected chi connectivity index (χ2v) is 4.20. The molecule has 0 amide bonds. The summed E-state index contributed by atoms with van der Waals surface area (Å²) >= 11 is 0. The van der Waals surface area contributed by atoms with Gasteiger partial charge in [-0.3, -0.25) is 4.79 Å². The van der Waals surface area contributed by atoms with Crippen LogP contribution in [-0.2, 0) is 19.0 Å². The lowest BCUT2D eigenvalue weighted by Gasteiger charge is -2.15. The maximum absolute atomic E-state index is 10.5. The average Bonchev–Trinajstić information content (AvgIpc) is 2.36. The topological polar surface area (TPSA) is 44.8 Å². The monoisotopic (exact) mass is 245 g/mol. The molecule has 101 valence electrons. The Kier molecular flexibility index (Phi) is 11.7. The minimum Gasteiger partial charge on any atom is -0.355 e. The summed E-state index contributed by atoms with van der Waals surface area (Å²) in [7, 11) is 0. The van der Waals surface area contributed by atoms with Gasteiger partial charge in [0.1, 0.15) is 6.79 Å². The van der Waals surface area contributed by atoms with Gasteiger partial charge in [-0.05, 0) is 12.3 Å². The van der Waals surface area contributed by atoms with Gasteiger partial charge in [-0.15, -0.1) is 0 Å². The van der Waals surface area contributed by atoms with Crippen LogP contribution >= 0.6 is 0 Å². The number of hydrogen-bond acceptors (Lipinski definition) is 4. The van der Waals surface area contributed by atoms with Crippen LogP contribution in [0.3, 0.4) is 0 Å². The van der Waals surface area contributed by atoms with Crippen molar-refractivity contribution in [2.75, 3.05) is 20.0 Å². The first kappa shape index (κ1) is 16.6. The minimum absolute atomic E-state index is 0.0874. The Bertz CT molecular complexity index is 173. The van der Waals surface area contributed by atoms with E-state index < -0.39 is 6.29 Å². The lowest BCUT2D eigenvalue weighted by Crippen LogP contribution is -2.23. The molecule has 0 aliphatic heterocycles.